The van der Waals surface area contributed by atoms with Crippen LogP contribution in [0.25, 0.3) is 27.4 Å². The molecule has 0 fully saturated rings. The number of nitrogens with zero attached hydrogens (tertiary/aromatic N) is 4. The lowest BCUT2D eigenvalue weighted by Gasteiger charge is -2.15. The molecule has 0 radical (unpaired) electrons. The second-order valence-corrected chi connectivity index (χ2v) is 8.03. The van der Waals surface area contributed by atoms with Crippen LogP contribution in [0, 0.1) is 0 Å². The standard InChI is InChI=1S/C24H20B2F4N4/c1-3-17-9-11-19(31-17)23(21-12-10-18(4-2)33(21)25(27)28)24-32-20-13-15-7-5-6-8-16(15)14-22(20)34(24)26(29)30/h5-14H,3-4H2,1-2H3/b23-19-. The second-order valence-electron chi connectivity index (χ2n) is 8.03. The van der Waals surface area contributed by atoms with Crippen molar-refractivity contribution in [2.75, 3.05) is 0 Å². The average molecular weight is 462 g/mol. The van der Waals surface area contributed by atoms with Crippen molar-refractivity contribution in [1.82, 2.24) is 13.9 Å². The highest BCUT2D eigenvalue weighted by molar-refractivity contribution is 6.43. The Morgan fingerprint density at radius 2 is 1.56 bits per heavy atom. The van der Waals surface area contributed by atoms with Gasteiger partial charge in [-0.2, -0.15) is 0 Å². The second kappa shape index (κ2) is 8.66. The number of rotatable bonds is 6. The molecule has 10 heteroatoms. The molecule has 0 aliphatic carbocycles. The van der Waals surface area contributed by atoms with E-state index >= 15 is 0 Å². The highest BCUT2D eigenvalue weighted by Crippen LogP contribution is 2.35. The Morgan fingerprint density at radius 3 is 2.18 bits per heavy atom. The molecule has 0 saturated carbocycles. The Hall–Kier alpha value is -3.55. The lowest BCUT2D eigenvalue weighted by atomic mass is 10.0. The highest BCUT2D eigenvalue weighted by Gasteiger charge is 2.33. The van der Waals surface area contributed by atoms with Crippen molar-refractivity contribution in [3.05, 3.63) is 83.6 Å². The lowest BCUT2D eigenvalue weighted by Crippen LogP contribution is -2.21. The van der Waals surface area contributed by atoms with E-state index in [-0.39, 0.29) is 22.6 Å². The molecule has 0 unspecified atom stereocenters. The van der Waals surface area contributed by atoms with Gasteiger partial charge in [-0.1, -0.05) is 38.1 Å². The number of hydrogen-bond acceptors (Lipinski definition) is 2. The molecule has 2 aromatic heterocycles. The van der Waals surface area contributed by atoms with Crippen LogP contribution in [-0.2, 0) is 6.42 Å². The van der Waals surface area contributed by atoms with Crippen LogP contribution in [0.3, 0.4) is 0 Å². The van der Waals surface area contributed by atoms with E-state index in [1.165, 1.54) is 6.07 Å². The van der Waals surface area contributed by atoms with E-state index in [9.17, 15) is 17.3 Å². The molecule has 0 amide bonds. The molecule has 0 saturated heterocycles. The Morgan fingerprint density at radius 1 is 0.853 bits per heavy atom. The molecule has 170 valence electrons. The van der Waals surface area contributed by atoms with Crippen molar-refractivity contribution >= 4 is 47.9 Å². The maximum atomic E-state index is 14.5. The van der Waals surface area contributed by atoms with Crippen molar-refractivity contribution in [3.8, 4) is 0 Å². The maximum absolute atomic E-state index is 14.5. The zero-order valence-electron chi connectivity index (χ0n) is 18.6. The zero-order valence-corrected chi connectivity index (χ0v) is 18.6. The fourth-order valence-corrected chi connectivity index (χ4v) is 4.47. The average Bonchev–Trinajstić information content (AvgIpc) is 3.54. The number of allylic oxidation sites excluding steroid dienone is 2. The van der Waals surface area contributed by atoms with E-state index in [2.05, 4.69) is 9.98 Å². The van der Waals surface area contributed by atoms with Gasteiger partial charge in [0.15, 0.2) is 0 Å². The lowest BCUT2D eigenvalue weighted by molar-refractivity contribution is 0.620. The fourth-order valence-electron chi connectivity index (χ4n) is 4.47. The van der Waals surface area contributed by atoms with Crippen LogP contribution in [0.4, 0.5) is 17.3 Å². The van der Waals surface area contributed by atoms with Gasteiger partial charge in [0.1, 0.15) is 5.82 Å². The molecule has 1 aliphatic rings. The van der Waals surface area contributed by atoms with E-state index in [1.54, 1.807) is 37.3 Å². The van der Waals surface area contributed by atoms with Crippen LogP contribution in [0.1, 0.15) is 37.5 Å². The van der Waals surface area contributed by atoms with Crippen molar-refractivity contribution in [2.24, 2.45) is 4.99 Å². The molecule has 0 atom stereocenters. The Bertz CT molecular complexity index is 1500. The van der Waals surface area contributed by atoms with Gasteiger partial charge >= 0.3 is 14.8 Å². The minimum absolute atomic E-state index is 0.0938. The Kier molecular flexibility index (Phi) is 5.67. The summed E-state index contributed by atoms with van der Waals surface area (Å²) in [4.78, 5) is 9.11. The first-order valence-electron chi connectivity index (χ1n) is 11.1. The van der Waals surface area contributed by atoms with Gasteiger partial charge in [-0.3, -0.25) is 22.3 Å². The van der Waals surface area contributed by atoms with Gasteiger partial charge in [-0.15, -0.1) is 0 Å². The Labute approximate surface area is 194 Å². The minimum Gasteiger partial charge on any atom is -0.329 e. The summed E-state index contributed by atoms with van der Waals surface area (Å²) in [7, 11) is -5.78. The number of halogens is 4. The molecular weight excluding hydrogens is 442 g/mol. The molecule has 0 spiro atoms. The van der Waals surface area contributed by atoms with E-state index in [0.29, 0.717) is 29.7 Å². The first-order chi connectivity index (χ1) is 16.4. The number of aryl methyl sites for hydroxylation is 1. The van der Waals surface area contributed by atoms with Crippen LogP contribution in [-0.4, -0.2) is 34.5 Å². The van der Waals surface area contributed by atoms with E-state index < -0.39 is 14.8 Å². The number of hydrogen-bond donors (Lipinski definition) is 0. The number of aromatic nitrogens is 3. The third kappa shape index (κ3) is 3.57. The van der Waals surface area contributed by atoms with E-state index in [4.69, 9.17) is 0 Å². The molecule has 4 nitrogen and oxygen atoms in total. The monoisotopic (exact) mass is 462 g/mol. The summed E-state index contributed by atoms with van der Waals surface area (Å²) in [6, 6.07) is 13.9. The predicted molar refractivity (Wildman–Crippen MR) is 131 cm³/mol. The van der Waals surface area contributed by atoms with Crippen LogP contribution in [0.15, 0.2) is 71.4 Å². The summed E-state index contributed by atoms with van der Waals surface area (Å²) >= 11 is 0. The molecule has 3 heterocycles. The van der Waals surface area contributed by atoms with Crippen molar-refractivity contribution in [1.29, 1.82) is 0 Å². The third-order valence-electron chi connectivity index (χ3n) is 6.11. The molecule has 34 heavy (non-hydrogen) atoms. The van der Waals surface area contributed by atoms with Crippen LogP contribution >= 0.6 is 0 Å². The molecule has 4 aromatic rings. The first-order valence-corrected chi connectivity index (χ1v) is 11.1. The summed E-state index contributed by atoms with van der Waals surface area (Å²) in [5.74, 6) is -0.0938. The van der Waals surface area contributed by atoms with Gasteiger partial charge in [0.2, 0.25) is 0 Å². The van der Waals surface area contributed by atoms with E-state index in [0.717, 1.165) is 25.4 Å². The quantitative estimate of drug-likeness (QED) is 0.246. The minimum atomic E-state index is -2.93. The number of imidazole rings is 1. The number of benzene rings is 2. The van der Waals surface area contributed by atoms with Gasteiger partial charge in [-0.25, -0.2) is 4.98 Å². The summed E-state index contributed by atoms with van der Waals surface area (Å²) in [6.45, 7) is 3.69. The SMILES string of the molecule is CCC1=N/C(=C(/c2ccc(CC)n2B(F)F)c2nc3cc4ccccc4cc3n2B(F)F)C=C1. The number of aliphatic imine (C=N–C) groups is 1. The summed E-state index contributed by atoms with van der Waals surface area (Å²) in [5.41, 5.74) is 2.32. The molecule has 0 bridgehead atoms. The molecular formula is C24H20B2F4N4. The summed E-state index contributed by atoms with van der Waals surface area (Å²) in [6.07, 6.45) is 4.44. The topological polar surface area (TPSA) is 35.1 Å². The van der Waals surface area contributed by atoms with Crippen molar-refractivity contribution in [2.45, 2.75) is 26.7 Å². The molecule has 0 N–H and O–H groups in total. The van der Waals surface area contributed by atoms with E-state index in [1.807, 2.05) is 31.2 Å². The first kappa shape index (κ1) is 22.3. The Balaban J connectivity index is 1.88. The van der Waals surface area contributed by atoms with Gasteiger partial charge in [0.25, 0.3) is 0 Å². The third-order valence-corrected chi connectivity index (χ3v) is 6.11. The van der Waals surface area contributed by atoms with Crippen LogP contribution in [0.2, 0.25) is 0 Å². The van der Waals surface area contributed by atoms with Crippen molar-refractivity contribution in [3.63, 3.8) is 0 Å². The van der Waals surface area contributed by atoms with Crippen LogP contribution in [0.5, 0.6) is 0 Å². The molecule has 5 rings (SSSR count). The maximum Gasteiger partial charge on any atom is 0.679 e. The molecule has 2 aromatic carbocycles. The van der Waals surface area contributed by atoms with Gasteiger partial charge in [0, 0.05) is 17.1 Å². The highest BCUT2D eigenvalue weighted by atomic mass is 19.2. The van der Waals surface area contributed by atoms with Crippen LogP contribution < -0.4 is 0 Å². The van der Waals surface area contributed by atoms with Crippen molar-refractivity contribution < 1.29 is 17.3 Å². The fraction of sp³-hybridized carbons (Fsp3) is 0.167. The largest absolute Gasteiger partial charge is 0.679 e. The summed E-state index contributed by atoms with van der Waals surface area (Å²) in [5, 5.41) is 1.64. The predicted octanol–water partition coefficient (Wildman–Crippen LogP) is 6.28. The van der Waals surface area contributed by atoms with Gasteiger partial charge in [-0.05, 0) is 60.0 Å². The van der Waals surface area contributed by atoms with Gasteiger partial charge in [0.05, 0.1) is 22.3 Å². The zero-order chi connectivity index (χ0) is 24.0. The van der Waals surface area contributed by atoms with Gasteiger partial charge < -0.3 is 8.96 Å². The smallest absolute Gasteiger partial charge is 0.329 e. The summed E-state index contributed by atoms with van der Waals surface area (Å²) < 4.78 is 59.1. The normalized spacial score (nSPS) is 14.8. The molecule has 1 aliphatic heterocycles. The number of fused-ring (bicyclic) bond motifs is 2.